The lowest BCUT2D eigenvalue weighted by Gasteiger charge is -2.30. The molecule has 0 heterocycles. The highest BCUT2D eigenvalue weighted by atomic mass is 35.5. The Morgan fingerprint density at radius 3 is 2.48 bits per heavy atom. The zero-order valence-corrected chi connectivity index (χ0v) is 19.3. The molecule has 2 rings (SSSR count). The van der Waals surface area contributed by atoms with Gasteiger partial charge in [0.1, 0.15) is 6.04 Å². The first-order chi connectivity index (χ1) is 13.7. The summed E-state index contributed by atoms with van der Waals surface area (Å²) in [7, 11) is -3.66. The average molecular weight is 455 g/mol. The Hall–Kier alpha value is -1.70. The molecular formula is C21H27ClN2O3S2. The highest BCUT2D eigenvalue weighted by molar-refractivity contribution is 7.98. The molecule has 0 spiro atoms. The third-order valence-electron chi connectivity index (χ3n) is 4.33. The number of carbonyl (C=O) groups excluding carboxylic acids is 1. The molecule has 0 unspecified atom stereocenters. The van der Waals surface area contributed by atoms with Gasteiger partial charge in [0.05, 0.1) is 11.9 Å². The number of anilines is 1. The summed E-state index contributed by atoms with van der Waals surface area (Å²) in [6, 6.07) is 14.1. The molecule has 0 saturated carbocycles. The van der Waals surface area contributed by atoms with Crippen LogP contribution in [-0.4, -0.2) is 38.9 Å². The fraction of sp³-hybridized carbons (Fsp3) is 0.381. The largest absolute Gasteiger partial charge is 0.353 e. The monoisotopic (exact) mass is 454 g/mol. The Kier molecular flexibility index (Phi) is 8.86. The van der Waals surface area contributed by atoms with Crippen LogP contribution in [0.4, 0.5) is 5.69 Å². The van der Waals surface area contributed by atoms with Gasteiger partial charge < -0.3 is 5.32 Å². The maximum Gasteiger partial charge on any atom is 0.243 e. The molecule has 0 bridgehead atoms. The van der Waals surface area contributed by atoms with Gasteiger partial charge in [0.2, 0.25) is 15.9 Å². The summed E-state index contributed by atoms with van der Waals surface area (Å²) < 4.78 is 26.0. The molecule has 0 aromatic heterocycles. The zero-order chi connectivity index (χ0) is 21.4. The standard InChI is InChI=1S/C21H27ClN2O3S2/c1-4-20(24(29(3,26)27)19-7-5-6-18(22)14-19)21(25)23-12-13-28-15-17-10-8-16(2)9-11-17/h5-11,14,20H,4,12-13,15H2,1-3H3,(H,23,25)/t20-/m1/s1. The van der Waals surface area contributed by atoms with Crippen LogP contribution in [0, 0.1) is 6.92 Å². The number of nitrogens with zero attached hydrogens (tertiary/aromatic N) is 1. The maximum atomic E-state index is 12.7. The number of hydrogen-bond donors (Lipinski definition) is 1. The molecule has 158 valence electrons. The van der Waals surface area contributed by atoms with Gasteiger partial charge in [-0.1, -0.05) is 54.4 Å². The van der Waals surface area contributed by atoms with Crippen molar-refractivity contribution in [2.45, 2.75) is 32.1 Å². The molecule has 0 aliphatic carbocycles. The number of aryl methyl sites for hydroxylation is 1. The van der Waals surface area contributed by atoms with E-state index < -0.39 is 16.1 Å². The predicted octanol–water partition coefficient (Wildman–Crippen LogP) is 4.24. The Morgan fingerprint density at radius 2 is 1.90 bits per heavy atom. The average Bonchev–Trinajstić information content (AvgIpc) is 2.66. The van der Waals surface area contributed by atoms with Crippen LogP contribution < -0.4 is 9.62 Å². The number of carbonyl (C=O) groups is 1. The molecule has 0 aliphatic heterocycles. The summed E-state index contributed by atoms with van der Waals surface area (Å²) in [4.78, 5) is 12.7. The quantitative estimate of drug-likeness (QED) is 0.545. The van der Waals surface area contributed by atoms with E-state index in [-0.39, 0.29) is 5.91 Å². The summed E-state index contributed by atoms with van der Waals surface area (Å²) in [5.74, 6) is 1.30. The lowest BCUT2D eigenvalue weighted by molar-refractivity contribution is -0.122. The van der Waals surface area contributed by atoms with Crippen molar-refractivity contribution in [1.29, 1.82) is 0 Å². The first-order valence-electron chi connectivity index (χ1n) is 9.38. The summed E-state index contributed by atoms with van der Waals surface area (Å²) in [6.45, 7) is 4.32. The van der Waals surface area contributed by atoms with E-state index in [1.807, 2.05) is 0 Å². The van der Waals surface area contributed by atoms with E-state index in [0.29, 0.717) is 23.7 Å². The number of rotatable bonds is 10. The van der Waals surface area contributed by atoms with Crippen molar-refractivity contribution in [3.8, 4) is 0 Å². The van der Waals surface area contributed by atoms with Gasteiger partial charge >= 0.3 is 0 Å². The number of amides is 1. The summed E-state index contributed by atoms with van der Waals surface area (Å²) in [5, 5.41) is 3.28. The fourth-order valence-corrected chi connectivity index (χ4v) is 5.12. The van der Waals surface area contributed by atoms with Crippen molar-refractivity contribution >= 4 is 45.0 Å². The van der Waals surface area contributed by atoms with Gasteiger partial charge in [-0.2, -0.15) is 11.8 Å². The molecule has 29 heavy (non-hydrogen) atoms. The summed E-state index contributed by atoms with van der Waals surface area (Å²) >= 11 is 7.74. The smallest absolute Gasteiger partial charge is 0.243 e. The molecule has 2 aromatic carbocycles. The number of hydrogen-bond acceptors (Lipinski definition) is 4. The van der Waals surface area contributed by atoms with Crippen molar-refractivity contribution in [2.24, 2.45) is 0 Å². The Balaban J connectivity index is 1.96. The minimum absolute atomic E-state index is 0.311. The highest BCUT2D eigenvalue weighted by Crippen LogP contribution is 2.25. The lowest BCUT2D eigenvalue weighted by atomic mass is 10.2. The maximum absolute atomic E-state index is 12.7. The Labute approximate surface area is 182 Å². The summed E-state index contributed by atoms with van der Waals surface area (Å²) in [5.41, 5.74) is 2.85. The van der Waals surface area contributed by atoms with Crippen LogP contribution in [0.15, 0.2) is 48.5 Å². The van der Waals surface area contributed by atoms with Gasteiger partial charge in [-0.3, -0.25) is 9.10 Å². The molecule has 5 nitrogen and oxygen atoms in total. The SMILES string of the molecule is CC[C@H](C(=O)NCCSCc1ccc(C)cc1)N(c1cccc(Cl)c1)S(C)(=O)=O. The molecular weight excluding hydrogens is 428 g/mol. The first-order valence-corrected chi connectivity index (χ1v) is 12.8. The van der Waals surface area contributed by atoms with Crippen molar-refractivity contribution in [3.05, 3.63) is 64.7 Å². The second kappa shape index (κ2) is 10.9. The van der Waals surface area contributed by atoms with E-state index >= 15 is 0 Å². The minimum Gasteiger partial charge on any atom is -0.353 e. The normalized spacial score (nSPS) is 12.4. The van der Waals surface area contributed by atoms with Crippen molar-refractivity contribution < 1.29 is 13.2 Å². The van der Waals surface area contributed by atoms with Crippen molar-refractivity contribution in [1.82, 2.24) is 5.32 Å². The molecule has 0 aliphatic rings. The van der Waals surface area contributed by atoms with E-state index in [4.69, 9.17) is 11.6 Å². The molecule has 0 fully saturated rings. The van der Waals surface area contributed by atoms with E-state index in [0.717, 1.165) is 22.1 Å². The Morgan fingerprint density at radius 1 is 1.21 bits per heavy atom. The second-order valence-corrected chi connectivity index (χ2v) is 10.2. The number of nitrogens with one attached hydrogen (secondary N) is 1. The number of benzene rings is 2. The van der Waals surface area contributed by atoms with Crippen LogP contribution in [0.5, 0.6) is 0 Å². The number of thioether (sulfide) groups is 1. The molecule has 1 amide bonds. The third kappa shape index (κ3) is 7.24. The van der Waals surface area contributed by atoms with E-state index in [9.17, 15) is 13.2 Å². The van der Waals surface area contributed by atoms with Gasteiger partial charge in [-0.25, -0.2) is 8.42 Å². The molecule has 0 saturated heterocycles. The number of halogens is 1. The molecule has 8 heteroatoms. The van der Waals surface area contributed by atoms with Crippen molar-refractivity contribution in [2.75, 3.05) is 22.9 Å². The molecule has 1 N–H and O–H groups in total. The lowest BCUT2D eigenvalue weighted by Crippen LogP contribution is -2.49. The molecule has 0 radical (unpaired) electrons. The van der Waals surface area contributed by atoms with E-state index in [2.05, 4.69) is 36.5 Å². The third-order valence-corrected chi connectivity index (χ3v) is 6.77. The van der Waals surface area contributed by atoms with Crippen LogP contribution in [0.1, 0.15) is 24.5 Å². The zero-order valence-electron chi connectivity index (χ0n) is 16.9. The van der Waals surface area contributed by atoms with E-state index in [1.165, 1.54) is 11.1 Å². The summed E-state index contributed by atoms with van der Waals surface area (Å²) in [6.07, 6.45) is 1.45. The minimum atomic E-state index is -3.66. The topological polar surface area (TPSA) is 66.5 Å². The van der Waals surface area contributed by atoms with Gasteiger partial charge in [-0.15, -0.1) is 0 Å². The Bertz CT molecular complexity index is 918. The second-order valence-electron chi connectivity index (χ2n) is 6.79. The van der Waals surface area contributed by atoms with Gasteiger partial charge in [0.25, 0.3) is 0 Å². The van der Waals surface area contributed by atoms with Gasteiger partial charge in [0.15, 0.2) is 0 Å². The van der Waals surface area contributed by atoms with Crippen LogP contribution in [0.2, 0.25) is 5.02 Å². The van der Waals surface area contributed by atoms with Gasteiger partial charge in [0, 0.05) is 23.1 Å². The fourth-order valence-electron chi connectivity index (χ4n) is 2.91. The van der Waals surface area contributed by atoms with Crippen LogP contribution in [-0.2, 0) is 20.6 Å². The van der Waals surface area contributed by atoms with Crippen molar-refractivity contribution in [3.63, 3.8) is 0 Å². The van der Waals surface area contributed by atoms with Crippen LogP contribution in [0.3, 0.4) is 0 Å². The molecule has 1 atom stereocenters. The van der Waals surface area contributed by atoms with Crippen LogP contribution >= 0.6 is 23.4 Å². The first kappa shape index (κ1) is 23.6. The molecule has 2 aromatic rings. The van der Waals surface area contributed by atoms with E-state index in [1.54, 1.807) is 43.0 Å². The van der Waals surface area contributed by atoms with Crippen LogP contribution in [0.25, 0.3) is 0 Å². The van der Waals surface area contributed by atoms with Gasteiger partial charge in [-0.05, 0) is 37.1 Å². The number of sulfonamides is 1. The predicted molar refractivity (Wildman–Crippen MR) is 123 cm³/mol. The highest BCUT2D eigenvalue weighted by Gasteiger charge is 2.31.